The minimum Gasteiger partial charge on any atom is -0.507 e. The van der Waals surface area contributed by atoms with Crippen LogP contribution in [0.2, 0.25) is 0 Å². The van der Waals surface area contributed by atoms with Gasteiger partial charge in [-0.1, -0.05) is 43.3 Å². The van der Waals surface area contributed by atoms with Gasteiger partial charge in [0.15, 0.2) is 0 Å². The number of ketones is 1. The molecular weight excluding hydrogens is 494 g/mol. The fourth-order valence-electron chi connectivity index (χ4n) is 4.64. The number of aryl methyl sites for hydroxylation is 1. The van der Waals surface area contributed by atoms with E-state index in [1.165, 1.54) is 43.3 Å². The Hall–Kier alpha value is -3.05. The van der Waals surface area contributed by atoms with Crippen LogP contribution in [0.15, 0.2) is 59.0 Å². The molecule has 4 rings (SSSR count). The van der Waals surface area contributed by atoms with Gasteiger partial charge in [-0.2, -0.15) is 0 Å². The highest BCUT2D eigenvalue weighted by Gasteiger charge is 2.46. The summed E-state index contributed by atoms with van der Waals surface area (Å²) in [5, 5.41) is 11.3. The van der Waals surface area contributed by atoms with Gasteiger partial charge >= 0.3 is 0 Å². The van der Waals surface area contributed by atoms with Crippen molar-refractivity contribution in [3.63, 3.8) is 0 Å². The first-order valence-corrected chi connectivity index (χ1v) is 13.8. The third kappa shape index (κ3) is 5.47. The molecule has 0 aliphatic carbocycles. The highest BCUT2D eigenvalue weighted by atomic mass is 32.2. The molecule has 2 aliphatic rings. The summed E-state index contributed by atoms with van der Waals surface area (Å²) in [4.78, 5) is 30.2. The molecule has 1 unspecified atom stereocenters. The van der Waals surface area contributed by atoms with Gasteiger partial charge in [-0.3, -0.25) is 14.5 Å². The molecule has 0 bridgehead atoms. The van der Waals surface area contributed by atoms with Gasteiger partial charge in [-0.15, -0.1) is 0 Å². The topological polar surface area (TPSA) is 107 Å². The molecule has 1 amide bonds. The first-order chi connectivity index (χ1) is 17.6. The van der Waals surface area contributed by atoms with Crippen molar-refractivity contribution >= 4 is 27.5 Å². The number of Topliss-reactive ketones (excluding diaryl/α,β-unsaturated/α-hetero) is 1. The standard InChI is InChI=1S/C27H33N3O6S/c1-4-19-8-10-20(11-9-19)24-23(25(31)21-6-5-7-22(18-21)37(34,35)28(2)3)26(32)27(33)30(24)13-12-29-14-16-36-17-15-29/h5-11,18,24,31H,4,12-17H2,1-3H3/b25-23-. The first kappa shape index (κ1) is 27.0. The Morgan fingerprint density at radius 3 is 2.35 bits per heavy atom. The molecule has 0 spiro atoms. The number of ether oxygens (including phenoxy) is 1. The minimum absolute atomic E-state index is 0.0213. The number of amides is 1. The highest BCUT2D eigenvalue weighted by molar-refractivity contribution is 7.89. The number of hydrogen-bond donors (Lipinski definition) is 1. The molecule has 37 heavy (non-hydrogen) atoms. The third-order valence-electron chi connectivity index (χ3n) is 6.89. The molecule has 0 radical (unpaired) electrons. The number of carbonyl (C=O) groups excluding carboxylic acids is 2. The first-order valence-electron chi connectivity index (χ1n) is 12.4. The van der Waals surface area contributed by atoms with Crippen LogP contribution in [-0.2, 0) is 30.8 Å². The third-order valence-corrected chi connectivity index (χ3v) is 8.70. The van der Waals surface area contributed by atoms with Gasteiger partial charge in [0.1, 0.15) is 5.76 Å². The van der Waals surface area contributed by atoms with Crippen LogP contribution in [0.4, 0.5) is 0 Å². The van der Waals surface area contributed by atoms with Crippen LogP contribution >= 0.6 is 0 Å². The predicted octanol–water partition coefficient (Wildman–Crippen LogP) is 2.25. The van der Waals surface area contributed by atoms with Gasteiger partial charge in [0.25, 0.3) is 11.7 Å². The number of sulfonamides is 1. The van der Waals surface area contributed by atoms with Crippen molar-refractivity contribution in [2.45, 2.75) is 24.3 Å². The van der Waals surface area contributed by atoms with E-state index < -0.39 is 33.5 Å². The number of morpholine rings is 1. The largest absolute Gasteiger partial charge is 0.507 e. The summed E-state index contributed by atoms with van der Waals surface area (Å²) in [6, 6.07) is 12.6. The number of aliphatic hydroxyl groups is 1. The van der Waals surface area contributed by atoms with Gasteiger partial charge in [0.2, 0.25) is 10.0 Å². The second-order valence-corrected chi connectivity index (χ2v) is 11.5. The van der Waals surface area contributed by atoms with Crippen LogP contribution in [-0.4, -0.2) is 92.8 Å². The monoisotopic (exact) mass is 527 g/mol. The lowest BCUT2D eigenvalue weighted by Gasteiger charge is -2.31. The molecule has 2 fully saturated rings. The average molecular weight is 528 g/mol. The lowest BCUT2D eigenvalue weighted by Crippen LogP contribution is -2.42. The Balaban J connectivity index is 1.78. The summed E-state index contributed by atoms with van der Waals surface area (Å²) < 4.78 is 31.8. The SMILES string of the molecule is CCc1ccc(C2/C(=C(/O)c3cccc(S(=O)(=O)N(C)C)c3)C(=O)C(=O)N2CCN2CCOCC2)cc1. The van der Waals surface area contributed by atoms with Crippen molar-refractivity contribution in [1.29, 1.82) is 0 Å². The number of aliphatic hydroxyl groups excluding tert-OH is 1. The Morgan fingerprint density at radius 1 is 1.05 bits per heavy atom. The summed E-state index contributed by atoms with van der Waals surface area (Å²) in [5.41, 5.74) is 1.92. The zero-order valence-electron chi connectivity index (χ0n) is 21.4. The van der Waals surface area contributed by atoms with E-state index in [1.54, 1.807) is 0 Å². The van der Waals surface area contributed by atoms with Crippen LogP contribution in [0.1, 0.15) is 29.7 Å². The summed E-state index contributed by atoms with van der Waals surface area (Å²) in [5.74, 6) is -1.87. The van der Waals surface area contributed by atoms with Crippen LogP contribution in [0.25, 0.3) is 5.76 Å². The van der Waals surface area contributed by atoms with Gasteiger partial charge < -0.3 is 14.7 Å². The number of likely N-dealkylation sites (tertiary alicyclic amines) is 1. The molecule has 198 valence electrons. The Labute approximate surface area is 218 Å². The maximum atomic E-state index is 13.3. The molecule has 2 aromatic carbocycles. The molecule has 0 aromatic heterocycles. The van der Waals surface area contributed by atoms with Crippen molar-refractivity contribution < 1.29 is 27.9 Å². The fourth-order valence-corrected chi connectivity index (χ4v) is 5.58. The fraction of sp³-hybridized carbons (Fsp3) is 0.407. The smallest absolute Gasteiger partial charge is 0.295 e. The molecule has 0 saturated carbocycles. The Morgan fingerprint density at radius 2 is 1.73 bits per heavy atom. The van der Waals surface area contributed by atoms with Crippen LogP contribution in [0.3, 0.4) is 0 Å². The van der Waals surface area contributed by atoms with Gasteiger partial charge in [-0.05, 0) is 29.7 Å². The molecule has 1 N–H and O–H groups in total. The summed E-state index contributed by atoms with van der Waals surface area (Å²) >= 11 is 0. The maximum Gasteiger partial charge on any atom is 0.295 e. The molecule has 2 heterocycles. The predicted molar refractivity (Wildman–Crippen MR) is 139 cm³/mol. The van der Waals surface area contributed by atoms with E-state index in [2.05, 4.69) is 4.90 Å². The van der Waals surface area contributed by atoms with E-state index in [1.807, 2.05) is 31.2 Å². The number of carbonyl (C=O) groups is 2. The lowest BCUT2D eigenvalue weighted by atomic mass is 9.94. The Kier molecular flexibility index (Phi) is 8.13. The van der Waals surface area contributed by atoms with E-state index >= 15 is 0 Å². The normalized spacial score (nSPS) is 20.6. The maximum absolute atomic E-state index is 13.3. The van der Waals surface area contributed by atoms with Crippen LogP contribution < -0.4 is 0 Å². The molecular formula is C27H33N3O6S. The zero-order valence-corrected chi connectivity index (χ0v) is 22.2. The van der Waals surface area contributed by atoms with Crippen LogP contribution in [0.5, 0.6) is 0 Å². The number of benzene rings is 2. The van der Waals surface area contributed by atoms with Crippen molar-refractivity contribution in [3.05, 3.63) is 70.8 Å². The molecule has 10 heteroatoms. The quantitative estimate of drug-likeness (QED) is 0.319. The minimum atomic E-state index is -3.76. The second kappa shape index (κ2) is 11.1. The van der Waals surface area contributed by atoms with Crippen molar-refractivity contribution in [3.8, 4) is 0 Å². The second-order valence-electron chi connectivity index (χ2n) is 9.36. The van der Waals surface area contributed by atoms with Crippen molar-refractivity contribution in [2.75, 3.05) is 53.5 Å². The summed E-state index contributed by atoms with van der Waals surface area (Å²) in [7, 11) is -0.927. The van der Waals surface area contributed by atoms with Crippen molar-refractivity contribution in [2.24, 2.45) is 0 Å². The molecule has 2 aromatic rings. The van der Waals surface area contributed by atoms with E-state index in [9.17, 15) is 23.1 Å². The van der Waals surface area contributed by atoms with Gasteiger partial charge in [0, 0.05) is 45.8 Å². The number of nitrogens with zero attached hydrogens (tertiary/aromatic N) is 3. The van der Waals surface area contributed by atoms with Gasteiger partial charge in [-0.25, -0.2) is 12.7 Å². The van der Waals surface area contributed by atoms with Gasteiger partial charge in [0.05, 0.1) is 29.7 Å². The molecule has 2 saturated heterocycles. The Bertz CT molecular complexity index is 1300. The van der Waals surface area contributed by atoms with Crippen molar-refractivity contribution in [1.82, 2.24) is 14.1 Å². The lowest BCUT2D eigenvalue weighted by molar-refractivity contribution is -0.140. The van der Waals surface area contributed by atoms with E-state index in [0.29, 0.717) is 31.9 Å². The van der Waals surface area contributed by atoms with Crippen LogP contribution in [0, 0.1) is 0 Å². The molecule has 9 nitrogen and oxygen atoms in total. The molecule has 2 aliphatic heterocycles. The highest BCUT2D eigenvalue weighted by Crippen LogP contribution is 2.39. The number of hydrogen-bond acceptors (Lipinski definition) is 7. The summed E-state index contributed by atoms with van der Waals surface area (Å²) in [6.45, 7) is 5.63. The van der Waals surface area contributed by atoms with E-state index in [4.69, 9.17) is 4.74 Å². The molecule has 1 atom stereocenters. The van der Waals surface area contributed by atoms with E-state index in [0.717, 1.165) is 29.4 Å². The zero-order chi connectivity index (χ0) is 26.7. The number of rotatable bonds is 8. The summed E-state index contributed by atoms with van der Waals surface area (Å²) in [6.07, 6.45) is 0.838. The average Bonchev–Trinajstić information content (AvgIpc) is 3.17. The van der Waals surface area contributed by atoms with E-state index in [-0.39, 0.29) is 16.0 Å².